The number of phenols is 4. The molecule has 2 unspecified atom stereocenters. The van der Waals surface area contributed by atoms with Crippen LogP contribution in [0.1, 0.15) is 187 Å². The van der Waals surface area contributed by atoms with E-state index in [1.54, 1.807) is 0 Å². The van der Waals surface area contributed by atoms with Crippen molar-refractivity contribution in [2.45, 2.75) is 170 Å². The summed E-state index contributed by atoms with van der Waals surface area (Å²) in [7, 11) is 0. The molecule has 0 fully saturated rings. The van der Waals surface area contributed by atoms with Crippen molar-refractivity contribution in [3.05, 3.63) is 187 Å². The zero-order valence-corrected chi connectivity index (χ0v) is 43.2. The molecule has 0 aliphatic carbocycles. The summed E-state index contributed by atoms with van der Waals surface area (Å²) < 4.78 is 0. The Balaban J connectivity index is 0.000000248. The first-order valence-electron chi connectivity index (χ1n) is 24.1. The normalized spacial score (nSPS) is 13.2. The third-order valence-corrected chi connectivity index (χ3v) is 13.3. The lowest BCUT2D eigenvalue weighted by Crippen LogP contribution is -2.18. The molecule has 0 spiro atoms. The number of phenolic OH excluding ortho intramolecular Hbond substituents is 4. The molecule has 0 heterocycles. The van der Waals surface area contributed by atoms with Crippen LogP contribution in [0.2, 0.25) is 0 Å². The third-order valence-electron chi connectivity index (χ3n) is 13.3. The topological polar surface area (TPSA) is 80.9 Å². The Morgan fingerprint density at radius 1 is 0.364 bits per heavy atom. The highest BCUT2D eigenvalue weighted by atomic mass is 16.3. The third kappa shape index (κ3) is 12.5. The van der Waals surface area contributed by atoms with Crippen LogP contribution in [0.4, 0.5) is 0 Å². The lowest BCUT2D eigenvalue weighted by Gasteiger charge is -2.28. The Bertz CT molecular complexity index is 2410. The number of aryl methyl sites for hydroxylation is 6. The first kappa shape index (κ1) is 51.5. The predicted octanol–water partition coefficient (Wildman–Crippen LogP) is 15.9. The van der Waals surface area contributed by atoms with E-state index in [2.05, 4.69) is 184 Å². The van der Waals surface area contributed by atoms with E-state index in [1.165, 1.54) is 22.3 Å². The fourth-order valence-electron chi connectivity index (χ4n) is 8.97. The zero-order valence-electron chi connectivity index (χ0n) is 43.2. The van der Waals surface area contributed by atoms with Crippen molar-refractivity contribution in [1.29, 1.82) is 0 Å². The SMILES string of the molecule is CC(C)(C)c1cc(CCc2cc(C(C)(C)C)cc(C(C)(C)C)c2O)c(O)c(C(C)(C)C)c1.Cc1cc(CCc2cc(C)cc(C(C)c3ccccc3)c2O)c(O)c(C(C)c2ccccc2)c1. The Morgan fingerprint density at radius 3 is 0.924 bits per heavy atom. The van der Waals surface area contributed by atoms with Crippen molar-refractivity contribution in [1.82, 2.24) is 0 Å². The molecule has 6 rings (SSSR count). The molecule has 66 heavy (non-hydrogen) atoms. The van der Waals surface area contributed by atoms with Gasteiger partial charge in [-0.3, -0.25) is 0 Å². The summed E-state index contributed by atoms with van der Waals surface area (Å²) in [6.07, 6.45) is 2.70. The molecule has 0 aliphatic rings. The molecule has 2 atom stereocenters. The first-order chi connectivity index (χ1) is 30.6. The van der Waals surface area contributed by atoms with Gasteiger partial charge in [0.05, 0.1) is 0 Å². The molecule has 0 radical (unpaired) electrons. The molecule has 0 saturated carbocycles. The van der Waals surface area contributed by atoms with Gasteiger partial charge < -0.3 is 20.4 Å². The summed E-state index contributed by atoms with van der Waals surface area (Å²) in [6, 6.07) is 37.5. The molecule has 0 aromatic heterocycles. The average molecular weight is 889 g/mol. The fraction of sp³-hybridized carbons (Fsp3) is 0.419. The minimum absolute atomic E-state index is 0.00382. The molecule has 6 aromatic rings. The van der Waals surface area contributed by atoms with Crippen LogP contribution in [0.25, 0.3) is 0 Å². The Hall–Kier alpha value is -5.48. The maximum atomic E-state index is 11.2. The van der Waals surface area contributed by atoms with E-state index in [0.717, 1.165) is 55.6 Å². The number of hydrogen-bond acceptors (Lipinski definition) is 4. The smallest absolute Gasteiger partial charge is 0.122 e. The quantitative estimate of drug-likeness (QED) is 0.110. The first-order valence-corrected chi connectivity index (χ1v) is 24.1. The van der Waals surface area contributed by atoms with Gasteiger partial charge in [-0.05, 0) is 117 Å². The van der Waals surface area contributed by atoms with Gasteiger partial charge in [0, 0.05) is 23.0 Å². The predicted molar refractivity (Wildman–Crippen MR) is 279 cm³/mol. The van der Waals surface area contributed by atoms with Crippen molar-refractivity contribution in [3.63, 3.8) is 0 Å². The van der Waals surface area contributed by atoms with Crippen LogP contribution in [0.15, 0.2) is 109 Å². The van der Waals surface area contributed by atoms with E-state index in [4.69, 9.17) is 0 Å². The zero-order chi connectivity index (χ0) is 49.1. The van der Waals surface area contributed by atoms with Crippen molar-refractivity contribution < 1.29 is 20.4 Å². The van der Waals surface area contributed by atoms with Gasteiger partial charge in [-0.15, -0.1) is 0 Å². The molecule has 6 aromatic carbocycles. The minimum atomic E-state index is -0.145. The standard InChI is InChI=1S/C32H34O2.C30H46O2/c1-21-17-27(31(33)29(19-21)23(3)25-11-7-5-8-12-25)15-16-28-18-22(2)20-30(32(28)34)24(4)26-13-9-6-10-14-26;1-27(2,3)21-15-19(25(31)23(17-21)29(7,8)9)13-14-20-16-22(28(4,5)6)18-24(26(20)32)30(10,11)12/h5-14,17-20,23-24,33-34H,15-16H2,1-4H3;15-18,31-32H,13-14H2,1-12H3. The highest BCUT2D eigenvalue weighted by Crippen LogP contribution is 2.42. The highest BCUT2D eigenvalue weighted by Gasteiger charge is 2.28. The lowest BCUT2D eigenvalue weighted by atomic mass is 9.77. The largest absolute Gasteiger partial charge is 0.507 e. The van der Waals surface area contributed by atoms with E-state index >= 15 is 0 Å². The summed E-state index contributed by atoms with van der Waals surface area (Å²) in [4.78, 5) is 0. The highest BCUT2D eigenvalue weighted by molar-refractivity contribution is 5.53. The Labute approximate surface area is 398 Å². The van der Waals surface area contributed by atoms with Gasteiger partial charge >= 0.3 is 0 Å². The molecular weight excluding hydrogens is 809 g/mol. The molecule has 4 nitrogen and oxygen atoms in total. The summed E-state index contributed by atoms with van der Waals surface area (Å²) in [6.45, 7) is 34.6. The molecule has 4 N–H and O–H groups in total. The van der Waals surface area contributed by atoms with Crippen LogP contribution in [0.5, 0.6) is 23.0 Å². The molecule has 0 bridgehead atoms. The van der Waals surface area contributed by atoms with E-state index in [9.17, 15) is 20.4 Å². The summed E-state index contributed by atoms with van der Waals surface area (Å²) in [5.41, 5.74) is 14.5. The Morgan fingerprint density at radius 2 is 0.652 bits per heavy atom. The second-order valence-electron chi connectivity index (χ2n) is 23.1. The summed E-state index contributed by atoms with van der Waals surface area (Å²) in [5, 5.41) is 44.7. The van der Waals surface area contributed by atoms with Gasteiger partial charge in [-0.1, -0.05) is 217 Å². The minimum Gasteiger partial charge on any atom is -0.507 e. The van der Waals surface area contributed by atoms with Gasteiger partial charge in [-0.2, -0.15) is 0 Å². The molecule has 0 aliphatic heterocycles. The Kier molecular flexibility index (Phi) is 15.7. The molecule has 4 heteroatoms. The van der Waals surface area contributed by atoms with Gasteiger partial charge in [-0.25, -0.2) is 0 Å². The second-order valence-corrected chi connectivity index (χ2v) is 23.1. The molecule has 352 valence electrons. The second kappa shape index (κ2) is 20.2. The number of benzene rings is 6. The number of rotatable bonds is 10. The van der Waals surface area contributed by atoms with Gasteiger partial charge in [0.2, 0.25) is 0 Å². The van der Waals surface area contributed by atoms with E-state index in [0.29, 0.717) is 48.7 Å². The maximum Gasteiger partial charge on any atom is 0.122 e. The summed E-state index contributed by atoms with van der Waals surface area (Å²) in [5.74, 6) is 1.73. The molecule has 0 amide bonds. The summed E-state index contributed by atoms with van der Waals surface area (Å²) >= 11 is 0. The lowest BCUT2D eigenvalue weighted by molar-refractivity contribution is 0.432. The molecular formula is C62H80O4. The van der Waals surface area contributed by atoms with E-state index < -0.39 is 0 Å². The van der Waals surface area contributed by atoms with E-state index in [-0.39, 0.29) is 33.5 Å². The van der Waals surface area contributed by atoms with Crippen LogP contribution in [-0.2, 0) is 47.3 Å². The van der Waals surface area contributed by atoms with Crippen molar-refractivity contribution in [2.24, 2.45) is 0 Å². The van der Waals surface area contributed by atoms with Crippen LogP contribution >= 0.6 is 0 Å². The van der Waals surface area contributed by atoms with Gasteiger partial charge in [0.25, 0.3) is 0 Å². The number of hydrogen-bond donors (Lipinski definition) is 4. The van der Waals surface area contributed by atoms with Gasteiger partial charge in [0.15, 0.2) is 0 Å². The van der Waals surface area contributed by atoms with Gasteiger partial charge in [0.1, 0.15) is 23.0 Å². The number of aromatic hydroxyl groups is 4. The van der Waals surface area contributed by atoms with Crippen LogP contribution in [-0.4, -0.2) is 20.4 Å². The molecule has 0 saturated heterocycles. The van der Waals surface area contributed by atoms with Crippen molar-refractivity contribution in [2.75, 3.05) is 0 Å². The van der Waals surface area contributed by atoms with Crippen molar-refractivity contribution in [3.8, 4) is 23.0 Å². The van der Waals surface area contributed by atoms with E-state index in [1.807, 2.05) is 36.4 Å². The van der Waals surface area contributed by atoms with Crippen LogP contribution in [0, 0.1) is 13.8 Å². The van der Waals surface area contributed by atoms with Crippen molar-refractivity contribution >= 4 is 0 Å². The maximum absolute atomic E-state index is 11.2. The van der Waals surface area contributed by atoms with Crippen LogP contribution < -0.4 is 0 Å². The monoisotopic (exact) mass is 889 g/mol. The fourth-order valence-corrected chi connectivity index (χ4v) is 8.97. The average Bonchev–Trinajstić information content (AvgIpc) is 3.23. The van der Waals surface area contributed by atoms with Crippen LogP contribution in [0.3, 0.4) is 0 Å².